The highest BCUT2D eigenvalue weighted by atomic mass is 32.1. The van der Waals surface area contributed by atoms with Gasteiger partial charge in [0.15, 0.2) is 0 Å². The number of rotatable bonds is 2. The van der Waals surface area contributed by atoms with Crippen LogP contribution < -0.4 is 5.32 Å². The van der Waals surface area contributed by atoms with Gasteiger partial charge < -0.3 is 5.32 Å². The first-order valence-electron chi connectivity index (χ1n) is 6.93. The Hall–Kier alpha value is -1.19. The van der Waals surface area contributed by atoms with Gasteiger partial charge in [0, 0.05) is 29.5 Å². The standard InChI is InChI=1S/C16H20N2S/c1-11-4-3-5-13(8-11)15-9-17-7-6-14(15)16-18-12(2)10-19-16/h3-5,8,10,14-15,17H,6-7,9H2,1-2H3. The van der Waals surface area contributed by atoms with E-state index in [1.807, 2.05) is 11.3 Å². The van der Waals surface area contributed by atoms with Crippen LogP contribution in [0.1, 0.15) is 40.1 Å². The molecular weight excluding hydrogens is 252 g/mol. The molecule has 2 nitrogen and oxygen atoms in total. The van der Waals surface area contributed by atoms with Crippen LogP contribution in [0.15, 0.2) is 29.6 Å². The number of nitrogens with zero attached hydrogens (tertiary/aromatic N) is 1. The summed E-state index contributed by atoms with van der Waals surface area (Å²) in [4.78, 5) is 4.72. The zero-order valence-corrected chi connectivity index (χ0v) is 12.3. The van der Waals surface area contributed by atoms with E-state index in [1.54, 1.807) is 0 Å². The molecule has 0 bridgehead atoms. The van der Waals surface area contributed by atoms with Gasteiger partial charge in [-0.25, -0.2) is 4.98 Å². The van der Waals surface area contributed by atoms with E-state index in [0.717, 1.165) is 18.8 Å². The third-order valence-electron chi connectivity index (χ3n) is 3.91. The molecule has 100 valence electrons. The Morgan fingerprint density at radius 2 is 2.16 bits per heavy atom. The summed E-state index contributed by atoms with van der Waals surface area (Å²) in [6.07, 6.45) is 1.19. The fraction of sp³-hybridized carbons (Fsp3) is 0.438. The Morgan fingerprint density at radius 1 is 1.26 bits per heavy atom. The Bertz CT molecular complexity index is 561. The molecule has 19 heavy (non-hydrogen) atoms. The lowest BCUT2D eigenvalue weighted by Crippen LogP contribution is -2.34. The fourth-order valence-corrected chi connectivity index (χ4v) is 3.95. The van der Waals surface area contributed by atoms with Crippen molar-refractivity contribution >= 4 is 11.3 Å². The summed E-state index contributed by atoms with van der Waals surface area (Å²) >= 11 is 1.82. The third kappa shape index (κ3) is 2.72. The van der Waals surface area contributed by atoms with Gasteiger partial charge in [-0.05, 0) is 32.4 Å². The molecule has 0 aliphatic carbocycles. The lowest BCUT2D eigenvalue weighted by atomic mass is 9.81. The van der Waals surface area contributed by atoms with Gasteiger partial charge >= 0.3 is 0 Å². The summed E-state index contributed by atoms with van der Waals surface area (Å²) in [7, 11) is 0. The van der Waals surface area contributed by atoms with Gasteiger partial charge in [0.2, 0.25) is 0 Å². The van der Waals surface area contributed by atoms with Gasteiger partial charge in [-0.3, -0.25) is 0 Å². The Balaban J connectivity index is 1.93. The summed E-state index contributed by atoms with van der Waals surface area (Å²) in [6, 6.07) is 8.93. The van der Waals surface area contributed by atoms with Crippen molar-refractivity contribution in [1.82, 2.24) is 10.3 Å². The lowest BCUT2D eigenvalue weighted by molar-refractivity contribution is 0.403. The van der Waals surface area contributed by atoms with E-state index in [2.05, 4.69) is 48.8 Å². The van der Waals surface area contributed by atoms with Gasteiger partial charge in [-0.2, -0.15) is 0 Å². The van der Waals surface area contributed by atoms with Crippen LogP contribution in [0, 0.1) is 13.8 Å². The van der Waals surface area contributed by atoms with Crippen molar-refractivity contribution in [1.29, 1.82) is 0 Å². The van der Waals surface area contributed by atoms with Gasteiger partial charge in [0.1, 0.15) is 0 Å². The molecule has 2 heterocycles. The minimum absolute atomic E-state index is 0.555. The second-order valence-corrected chi connectivity index (χ2v) is 6.34. The second-order valence-electron chi connectivity index (χ2n) is 5.45. The first-order chi connectivity index (χ1) is 9.24. The van der Waals surface area contributed by atoms with E-state index < -0.39 is 0 Å². The van der Waals surface area contributed by atoms with Crippen LogP contribution in [0.25, 0.3) is 0 Å². The maximum absolute atomic E-state index is 4.72. The third-order valence-corrected chi connectivity index (χ3v) is 5.00. The van der Waals surface area contributed by atoms with Crippen molar-refractivity contribution in [3.05, 3.63) is 51.5 Å². The molecule has 3 heteroatoms. The molecule has 2 aromatic rings. The van der Waals surface area contributed by atoms with Crippen LogP contribution in [0.5, 0.6) is 0 Å². The molecule has 0 saturated carbocycles. The summed E-state index contributed by atoms with van der Waals surface area (Å²) in [5, 5.41) is 7.02. The van der Waals surface area contributed by atoms with E-state index in [4.69, 9.17) is 4.98 Å². The number of thiazole rings is 1. The van der Waals surface area contributed by atoms with Crippen molar-refractivity contribution in [3.8, 4) is 0 Å². The summed E-state index contributed by atoms with van der Waals surface area (Å²) in [6.45, 7) is 6.42. The molecule has 1 aliphatic rings. The molecule has 1 saturated heterocycles. The number of hydrogen-bond donors (Lipinski definition) is 1. The van der Waals surface area contributed by atoms with Crippen LogP contribution in [-0.2, 0) is 0 Å². The van der Waals surface area contributed by atoms with Crippen LogP contribution in [0.2, 0.25) is 0 Å². The zero-order valence-electron chi connectivity index (χ0n) is 11.5. The molecule has 1 fully saturated rings. The molecule has 1 aromatic heterocycles. The molecule has 0 spiro atoms. The van der Waals surface area contributed by atoms with Gasteiger partial charge in [-0.1, -0.05) is 29.8 Å². The Morgan fingerprint density at radius 3 is 2.89 bits per heavy atom. The number of aryl methyl sites for hydroxylation is 2. The average molecular weight is 272 g/mol. The summed E-state index contributed by atoms with van der Waals surface area (Å²) in [5.41, 5.74) is 3.95. The SMILES string of the molecule is Cc1cccc(C2CNCCC2c2nc(C)cs2)c1. The average Bonchev–Trinajstić information content (AvgIpc) is 2.85. The molecule has 2 atom stereocenters. The van der Waals surface area contributed by atoms with Gasteiger partial charge in [0.25, 0.3) is 0 Å². The molecular formula is C16H20N2S. The lowest BCUT2D eigenvalue weighted by Gasteiger charge is -2.31. The quantitative estimate of drug-likeness (QED) is 0.903. The highest BCUT2D eigenvalue weighted by molar-refractivity contribution is 7.09. The maximum atomic E-state index is 4.72. The van der Waals surface area contributed by atoms with Crippen LogP contribution in [-0.4, -0.2) is 18.1 Å². The van der Waals surface area contributed by atoms with Crippen molar-refractivity contribution in [2.24, 2.45) is 0 Å². The van der Waals surface area contributed by atoms with Gasteiger partial charge in [-0.15, -0.1) is 11.3 Å². The minimum Gasteiger partial charge on any atom is -0.316 e. The first-order valence-corrected chi connectivity index (χ1v) is 7.81. The smallest absolute Gasteiger partial charge is 0.0966 e. The van der Waals surface area contributed by atoms with Crippen LogP contribution >= 0.6 is 11.3 Å². The van der Waals surface area contributed by atoms with Gasteiger partial charge in [0.05, 0.1) is 5.01 Å². The molecule has 2 unspecified atom stereocenters. The number of benzene rings is 1. The van der Waals surface area contributed by atoms with Crippen LogP contribution in [0.4, 0.5) is 0 Å². The first kappa shape index (κ1) is 12.8. The Labute approximate surface area is 118 Å². The normalized spacial score (nSPS) is 23.5. The minimum atomic E-state index is 0.555. The van der Waals surface area contributed by atoms with E-state index in [-0.39, 0.29) is 0 Å². The largest absolute Gasteiger partial charge is 0.316 e. The maximum Gasteiger partial charge on any atom is 0.0966 e. The van der Waals surface area contributed by atoms with Crippen molar-refractivity contribution < 1.29 is 0 Å². The highest BCUT2D eigenvalue weighted by Gasteiger charge is 2.29. The second kappa shape index (κ2) is 5.43. The van der Waals surface area contributed by atoms with E-state index >= 15 is 0 Å². The summed E-state index contributed by atoms with van der Waals surface area (Å²) < 4.78 is 0. The Kier molecular flexibility index (Phi) is 3.67. The molecule has 1 aliphatic heterocycles. The number of aromatic nitrogens is 1. The predicted molar refractivity (Wildman–Crippen MR) is 81.0 cm³/mol. The molecule has 1 aromatic carbocycles. The molecule has 3 rings (SSSR count). The molecule has 1 N–H and O–H groups in total. The van der Waals surface area contributed by atoms with E-state index in [9.17, 15) is 0 Å². The van der Waals surface area contributed by atoms with E-state index in [1.165, 1.54) is 22.6 Å². The highest BCUT2D eigenvalue weighted by Crippen LogP contribution is 2.38. The number of piperidine rings is 1. The van der Waals surface area contributed by atoms with Crippen LogP contribution in [0.3, 0.4) is 0 Å². The van der Waals surface area contributed by atoms with Crippen molar-refractivity contribution in [2.45, 2.75) is 32.1 Å². The zero-order chi connectivity index (χ0) is 13.2. The predicted octanol–water partition coefficient (Wildman–Crippen LogP) is 3.62. The van der Waals surface area contributed by atoms with E-state index in [0.29, 0.717) is 11.8 Å². The molecule has 0 amide bonds. The number of hydrogen-bond acceptors (Lipinski definition) is 3. The molecule has 0 radical (unpaired) electrons. The van der Waals surface area contributed by atoms with Crippen molar-refractivity contribution in [3.63, 3.8) is 0 Å². The topological polar surface area (TPSA) is 24.9 Å². The van der Waals surface area contributed by atoms with Crippen molar-refractivity contribution in [2.75, 3.05) is 13.1 Å². The summed E-state index contributed by atoms with van der Waals surface area (Å²) in [5.74, 6) is 1.13. The fourth-order valence-electron chi connectivity index (χ4n) is 2.95. The monoisotopic (exact) mass is 272 g/mol. The number of nitrogens with one attached hydrogen (secondary N) is 1.